The van der Waals surface area contributed by atoms with Crippen molar-refractivity contribution in [3.63, 3.8) is 0 Å². The lowest BCUT2D eigenvalue weighted by Gasteiger charge is -2.16. The molecule has 0 bridgehead atoms. The van der Waals surface area contributed by atoms with E-state index in [9.17, 15) is 9.90 Å². The number of aromatic hydroxyl groups is 1. The maximum absolute atomic E-state index is 12.3. The molecule has 1 saturated carbocycles. The SMILES string of the molecule is CCC(=N[C@@H](C)C1CC1)c1c(O)n(CC(C)C)c(=S)[nH]c1=O. The summed E-state index contributed by atoms with van der Waals surface area (Å²) in [5.74, 6) is 0.860. The van der Waals surface area contributed by atoms with E-state index in [2.05, 4.69) is 16.9 Å². The number of aromatic nitrogens is 2. The van der Waals surface area contributed by atoms with Crippen molar-refractivity contribution in [1.29, 1.82) is 0 Å². The monoisotopic (exact) mass is 323 g/mol. The average Bonchev–Trinajstić information content (AvgIpc) is 3.26. The lowest BCUT2D eigenvalue weighted by molar-refractivity contribution is 0.379. The Kier molecular flexibility index (Phi) is 5.21. The molecule has 0 amide bonds. The van der Waals surface area contributed by atoms with Gasteiger partial charge >= 0.3 is 0 Å². The van der Waals surface area contributed by atoms with Crippen molar-refractivity contribution < 1.29 is 5.11 Å². The molecule has 0 saturated heterocycles. The van der Waals surface area contributed by atoms with Gasteiger partial charge in [0.05, 0.1) is 11.8 Å². The van der Waals surface area contributed by atoms with Crippen LogP contribution in [-0.4, -0.2) is 26.4 Å². The zero-order chi connectivity index (χ0) is 16.4. The normalized spacial score (nSPS) is 17.0. The summed E-state index contributed by atoms with van der Waals surface area (Å²) in [6.07, 6.45) is 3.00. The van der Waals surface area contributed by atoms with Gasteiger partial charge in [-0.3, -0.25) is 19.3 Å². The number of hydrogen-bond acceptors (Lipinski definition) is 4. The molecule has 0 aliphatic heterocycles. The molecule has 2 N–H and O–H groups in total. The van der Waals surface area contributed by atoms with E-state index >= 15 is 0 Å². The minimum atomic E-state index is -0.355. The molecule has 0 spiro atoms. The van der Waals surface area contributed by atoms with Gasteiger partial charge in [-0.2, -0.15) is 0 Å². The van der Waals surface area contributed by atoms with Crippen LogP contribution in [0, 0.1) is 16.6 Å². The predicted molar refractivity (Wildman–Crippen MR) is 91.4 cm³/mol. The lowest BCUT2D eigenvalue weighted by atomic mass is 10.1. The highest BCUT2D eigenvalue weighted by Gasteiger charge is 2.28. The molecule has 0 unspecified atom stereocenters. The molecule has 1 aliphatic rings. The summed E-state index contributed by atoms with van der Waals surface area (Å²) in [5, 5.41) is 10.6. The van der Waals surface area contributed by atoms with Crippen LogP contribution in [0.1, 0.15) is 52.5 Å². The number of aromatic amines is 1. The Bertz CT molecular complexity index is 684. The standard InChI is InChI=1S/C16H25N3O2S/c1-5-12(17-10(4)11-6-7-11)13-14(20)18-16(22)19(15(13)21)8-9(2)3/h9-11,21H,5-8H2,1-4H3,(H,18,20,22)/t10-/m0/s1. The fraction of sp³-hybridized carbons (Fsp3) is 0.688. The number of hydrogen-bond donors (Lipinski definition) is 2. The minimum absolute atomic E-state index is 0.0638. The number of nitrogens with zero attached hydrogens (tertiary/aromatic N) is 2. The predicted octanol–water partition coefficient (Wildman–Crippen LogP) is 3.27. The third kappa shape index (κ3) is 3.66. The smallest absolute Gasteiger partial charge is 0.264 e. The van der Waals surface area contributed by atoms with Crippen molar-refractivity contribution in [1.82, 2.24) is 9.55 Å². The van der Waals surface area contributed by atoms with Gasteiger partial charge in [0.25, 0.3) is 5.56 Å². The molecule has 1 fully saturated rings. The van der Waals surface area contributed by atoms with Crippen LogP contribution in [0.25, 0.3) is 0 Å². The third-order valence-electron chi connectivity index (χ3n) is 4.01. The molecule has 2 rings (SSSR count). The fourth-order valence-electron chi connectivity index (χ4n) is 2.62. The second kappa shape index (κ2) is 6.77. The molecule has 122 valence electrons. The van der Waals surface area contributed by atoms with Gasteiger partial charge in [-0.15, -0.1) is 0 Å². The lowest BCUT2D eigenvalue weighted by Crippen LogP contribution is -2.24. The van der Waals surface area contributed by atoms with E-state index in [0.717, 1.165) is 0 Å². The number of rotatable bonds is 6. The van der Waals surface area contributed by atoms with E-state index < -0.39 is 0 Å². The Balaban J connectivity index is 2.52. The summed E-state index contributed by atoms with van der Waals surface area (Å²) in [7, 11) is 0. The van der Waals surface area contributed by atoms with Crippen molar-refractivity contribution in [3.05, 3.63) is 20.7 Å². The molecule has 22 heavy (non-hydrogen) atoms. The van der Waals surface area contributed by atoms with Crippen LogP contribution in [0.5, 0.6) is 5.88 Å². The summed E-state index contributed by atoms with van der Waals surface area (Å²) in [4.78, 5) is 19.6. The van der Waals surface area contributed by atoms with Gasteiger partial charge in [-0.1, -0.05) is 20.8 Å². The van der Waals surface area contributed by atoms with Gasteiger partial charge in [0, 0.05) is 6.54 Å². The van der Waals surface area contributed by atoms with Gasteiger partial charge in [0.2, 0.25) is 5.88 Å². The van der Waals surface area contributed by atoms with Crippen LogP contribution in [0.4, 0.5) is 0 Å². The van der Waals surface area contributed by atoms with Crippen LogP contribution >= 0.6 is 12.2 Å². The van der Waals surface area contributed by atoms with Crippen molar-refractivity contribution in [2.75, 3.05) is 0 Å². The number of nitrogens with one attached hydrogen (secondary N) is 1. The third-order valence-corrected chi connectivity index (χ3v) is 4.33. The van der Waals surface area contributed by atoms with E-state index in [4.69, 9.17) is 12.2 Å². The summed E-state index contributed by atoms with van der Waals surface area (Å²) < 4.78 is 1.84. The molecule has 5 nitrogen and oxygen atoms in total. The van der Waals surface area contributed by atoms with Crippen molar-refractivity contribution >= 4 is 17.9 Å². The highest BCUT2D eigenvalue weighted by Crippen LogP contribution is 2.34. The maximum Gasteiger partial charge on any atom is 0.264 e. The molecule has 0 aromatic carbocycles. The summed E-state index contributed by atoms with van der Waals surface area (Å²) in [6.45, 7) is 8.66. The summed E-state index contributed by atoms with van der Waals surface area (Å²) in [6, 6.07) is 0.190. The topological polar surface area (TPSA) is 70.4 Å². The van der Waals surface area contributed by atoms with Gasteiger partial charge in [0.15, 0.2) is 4.77 Å². The first kappa shape index (κ1) is 16.9. The van der Waals surface area contributed by atoms with E-state index in [0.29, 0.717) is 30.5 Å². The molecule has 1 aliphatic carbocycles. The zero-order valence-corrected chi connectivity index (χ0v) is 14.5. The van der Waals surface area contributed by atoms with Gasteiger partial charge in [-0.25, -0.2) is 0 Å². The fourth-order valence-corrected chi connectivity index (χ4v) is 2.87. The molecule has 1 aromatic heterocycles. The first-order valence-corrected chi connectivity index (χ1v) is 8.39. The maximum atomic E-state index is 12.3. The van der Waals surface area contributed by atoms with E-state index in [-0.39, 0.29) is 27.8 Å². The quantitative estimate of drug-likeness (QED) is 0.623. The Morgan fingerprint density at radius 2 is 2.09 bits per heavy atom. The molecule has 1 heterocycles. The Hall–Kier alpha value is -1.43. The van der Waals surface area contributed by atoms with Crippen molar-refractivity contribution in [2.24, 2.45) is 16.8 Å². The molecule has 1 aromatic rings. The van der Waals surface area contributed by atoms with Crippen LogP contribution < -0.4 is 5.56 Å². The number of aliphatic imine (C=N–C) groups is 1. The van der Waals surface area contributed by atoms with E-state index in [1.807, 2.05) is 20.8 Å². The van der Waals surface area contributed by atoms with E-state index in [1.165, 1.54) is 12.8 Å². The Labute approximate surface area is 136 Å². The van der Waals surface area contributed by atoms with Crippen molar-refractivity contribution in [2.45, 2.75) is 59.5 Å². The minimum Gasteiger partial charge on any atom is -0.494 e. The second-order valence-corrected chi connectivity index (χ2v) is 6.86. The first-order chi connectivity index (χ1) is 10.3. The molecular formula is C16H25N3O2S. The Morgan fingerprint density at radius 3 is 2.59 bits per heavy atom. The molecule has 0 radical (unpaired) electrons. The summed E-state index contributed by atoms with van der Waals surface area (Å²) in [5.41, 5.74) is 0.570. The largest absolute Gasteiger partial charge is 0.494 e. The molecular weight excluding hydrogens is 298 g/mol. The molecule has 1 atom stereocenters. The van der Waals surface area contributed by atoms with E-state index in [1.54, 1.807) is 4.57 Å². The highest BCUT2D eigenvalue weighted by molar-refractivity contribution is 7.71. The van der Waals surface area contributed by atoms with Crippen LogP contribution in [-0.2, 0) is 6.54 Å². The van der Waals surface area contributed by atoms with Gasteiger partial charge in [-0.05, 0) is 50.2 Å². The highest BCUT2D eigenvalue weighted by atomic mass is 32.1. The van der Waals surface area contributed by atoms with Crippen molar-refractivity contribution in [3.8, 4) is 5.88 Å². The van der Waals surface area contributed by atoms with Gasteiger partial charge in [0.1, 0.15) is 5.56 Å². The van der Waals surface area contributed by atoms with Gasteiger partial charge < -0.3 is 5.11 Å². The average molecular weight is 323 g/mol. The summed E-state index contributed by atoms with van der Waals surface area (Å²) >= 11 is 5.17. The second-order valence-electron chi connectivity index (χ2n) is 6.47. The first-order valence-electron chi connectivity index (χ1n) is 7.98. The van der Waals surface area contributed by atoms with Crippen LogP contribution in [0.3, 0.4) is 0 Å². The zero-order valence-electron chi connectivity index (χ0n) is 13.7. The van der Waals surface area contributed by atoms with Crippen LogP contribution in [0.2, 0.25) is 0 Å². The number of H-pyrrole nitrogens is 1. The Morgan fingerprint density at radius 1 is 1.45 bits per heavy atom. The van der Waals surface area contributed by atoms with Crippen LogP contribution in [0.15, 0.2) is 9.79 Å². The molecule has 6 heteroatoms.